The predicted octanol–water partition coefficient (Wildman–Crippen LogP) is 4.35. The van der Waals surface area contributed by atoms with Gasteiger partial charge in [-0.2, -0.15) is 13.2 Å². The van der Waals surface area contributed by atoms with Crippen molar-refractivity contribution in [1.29, 1.82) is 0 Å². The number of hydrogen-bond donors (Lipinski definition) is 2. The van der Waals surface area contributed by atoms with E-state index < -0.39 is 23.6 Å². The minimum Gasteiger partial charge on any atom is -0.478 e. The van der Waals surface area contributed by atoms with Crippen LogP contribution in [0.15, 0.2) is 30.3 Å². The van der Waals surface area contributed by atoms with Crippen molar-refractivity contribution in [3.05, 3.63) is 52.7 Å². The van der Waals surface area contributed by atoms with Crippen LogP contribution in [-0.4, -0.2) is 34.6 Å². The van der Waals surface area contributed by atoms with Gasteiger partial charge in [-0.1, -0.05) is 0 Å². The van der Waals surface area contributed by atoms with Crippen molar-refractivity contribution >= 4 is 23.4 Å². The fourth-order valence-corrected chi connectivity index (χ4v) is 3.39. The smallest absolute Gasteiger partial charge is 0.416 e. The van der Waals surface area contributed by atoms with Gasteiger partial charge in [0.25, 0.3) is 5.91 Å². The lowest BCUT2D eigenvalue weighted by molar-refractivity contribution is -0.137. The quantitative estimate of drug-likeness (QED) is 0.788. The molecule has 9 heteroatoms. The molecule has 0 radical (unpaired) electrons. The number of rotatable bonds is 4. The zero-order chi connectivity index (χ0) is 21.3. The van der Waals surface area contributed by atoms with Gasteiger partial charge in [0.15, 0.2) is 0 Å². The van der Waals surface area contributed by atoms with E-state index in [1.54, 1.807) is 11.8 Å². The summed E-state index contributed by atoms with van der Waals surface area (Å²) in [7, 11) is 0. The normalized spacial score (nSPS) is 16.7. The lowest BCUT2D eigenvalue weighted by Crippen LogP contribution is -2.28. The topological polar surface area (TPSA) is 82.5 Å². The number of anilines is 2. The summed E-state index contributed by atoms with van der Waals surface area (Å²) in [5.74, 6) is -1.79. The first-order valence-corrected chi connectivity index (χ1v) is 9.07. The molecule has 1 amide bonds. The molecule has 0 spiro atoms. The number of hydrogen-bond acceptors (Lipinski definition) is 4. The Hall–Kier alpha value is -3.10. The number of halogens is 3. The first kappa shape index (κ1) is 20.6. The molecule has 1 aliphatic heterocycles. The molecule has 2 heterocycles. The minimum atomic E-state index is -4.62. The van der Waals surface area contributed by atoms with Crippen LogP contribution in [0.1, 0.15) is 51.7 Å². The number of aryl methyl sites for hydroxylation is 1. The van der Waals surface area contributed by atoms with Crippen molar-refractivity contribution in [2.45, 2.75) is 38.9 Å². The van der Waals surface area contributed by atoms with Gasteiger partial charge in [0, 0.05) is 18.3 Å². The van der Waals surface area contributed by atoms with Crippen molar-refractivity contribution in [1.82, 2.24) is 4.98 Å². The number of aromatic nitrogens is 1. The summed E-state index contributed by atoms with van der Waals surface area (Å²) in [6.45, 7) is 4.04. The number of benzene rings is 1. The van der Waals surface area contributed by atoms with Crippen LogP contribution in [0.4, 0.5) is 24.7 Å². The van der Waals surface area contributed by atoms with E-state index in [1.807, 2.05) is 6.92 Å². The van der Waals surface area contributed by atoms with Crippen LogP contribution in [0.5, 0.6) is 0 Å². The van der Waals surface area contributed by atoms with E-state index in [4.69, 9.17) is 5.11 Å². The largest absolute Gasteiger partial charge is 0.478 e. The van der Waals surface area contributed by atoms with Gasteiger partial charge in [-0.25, -0.2) is 9.78 Å². The molecule has 29 heavy (non-hydrogen) atoms. The third kappa shape index (κ3) is 4.49. The van der Waals surface area contributed by atoms with Gasteiger partial charge in [0.05, 0.1) is 11.1 Å². The number of carboxylic acid groups (broad SMARTS) is 1. The maximum absolute atomic E-state index is 13.4. The van der Waals surface area contributed by atoms with E-state index in [0.29, 0.717) is 12.1 Å². The number of carbonyl (C=O) groups is 2. The highest BCUT2D eigenvalue weighted by molar-refractivity contribution is 6.03. The average molecular weight is 407 g/mol. The number of amides is 1. The van der Waals surface area contributed by atoms with E-state index in [1.165, 1.54) is 18.2 Å². The fraction of sp³-hybridized carbons (Fsp3) is 0.350. The number of alkyl halides is 3. The van der Waals surface area contributed by atoms with Crippen molar-refractivity contribution < 1.29 is 27.9 Å². The second-order valence-corrected chi connectivity index (χ2v) is 7.07. The third-order valence-corrected chi connectivity index (χ3v) is 4.93. The molecule has 1 aliphatic rings. The first-order chi connectivity index (χ1) is 13.6. The van der Waals surface area contributed by atoms with Gasteiger partial charge in [-0.15, -0.1) is 0 Å². The molecular weight excluding hydrogens is 387 g/mol. The van der Waals surface area contributed by atoms with Crippen molar-refractivity contribution in [2.75, 3.05) is 16.8 Å². The summed E-state index contributed by atoms with van der Waals surface area (Å²) in [5, 5.41) is 11.6. The summed E-state index contributed by atoms with van der Waals surface area (Å²) in [6, 6.07) is 5.87. The second-order valence-electron chi connectivity index (χ2n) is 7.07. The Morgan fingerprint density at radius 3 is 2.52 bits per heavy atom. The standard InChI is InChI=1S/C20H20F3N3O3/c1-11-8-14(5-6-15(11)19(28)29)24-18(27)16-9-13(20(21,22)23)10-17(25-16)26-7-3-4-12(26)2/h5-6,8-10,12H,3-4,7H2,1-2H3,(H,24,27)(H,28,29)/t12-/m0/s1. The van der Waals surface area contributed by atoms with Gasteiger partial charge >= 0.3 is 12.1 Å². The summed E-state index contributed by atoms with van der Waals surface area (Å²) in [4.78, 5) is 29.6. The van der Waals surface area contributed by atoms with Gasteiger partial charge in [0.2, 0.25) is 0 Å². The molecule has 154 valence electrons. The zero-order valence-electron chi connectivity index (χ0n) is 15.9. The van der Waals surface area contributed by atoms with Crippen LogP contribution in [0, 0.1) is 6.92 Å². The Bertz CT molecular complexity index is 960. The molecule has 6 nitrogen and oxygen atoms in total. The second kappa shape index (κ2) is 7.73. The highest BCUT2D eigenvalue weighted by Gasteiger charge is 2.34. The van der Waals surface area contributed by atoms with Gasteiger partial charge in [-0.05, 0) is 62.6 Å². The molecular formula is C20H20F3N3O3. The zero-order valence-corrected chi connectivity index (χ0v) is 15.9. The molecule has 1 aromatic heterocycles. The highest BCUT2D eigenvalue weighted by atomic mass is 19.4. The monoisotopic (exact) mass is 407 g/mol. The number of carbonyl (C=O) groups excluding carboxylic acids is 1. The predicted molar refractivity (Wildman–Crippen MR) is 101 cm³/mol. The Morgan fingerprint density at radius 1 is 1.24 bits per heavy atom. The van der Waals surface area contributed by atoms with E-state index in [9.17, 15) is 22.8 Å². The highest BCUT2D eigenvalue weighted by Crippen LogP contribution is 2.33. The number of carboxylic acids is 1. The van der Waals surface area contributed by atoms with Gasteiger partial charge in [0.1, 0.15) is 11.5 Å². The van der Waals surface area contributed by atoms with E-state index in [-0.39, 0.29) is 28.8 Å². The van der Waals surface area contributed by atoms with Crippen LogP contribution >= 0.6 is 0 Å². The van der Waals surface area contributed by atoms with Crippen LogP contribution in [-0.2, 0) is 6.18 Å². The van der Waals surface area contributed by atoms with Crippen LogP contribution in [0.25, 0.3) is 0 Å². The number of nitrogens with zero attached hydrogens (tertiary/aromatic N) is 2. The van der Waals surface area contributed by atoms with E-state index in [0.717, 1.165) is 25.0 Å². The Balaban J connectivity index is 1.93. The first-order valence-electron chi connectivity index (χ1n) is 9.07. The molecule has 0 unspecified atom stereocenters. The average Bonchev–Trinajstić information content (AvgIpc) is 3.06. The fourth-order valence-electron chi connectivity index (χ4n) is 3.39. The Labute approximate surface area is 165 Å². The van der Waals surface area contributed by atoms with E-state index >= 15 is 0 Å². The SMILES string of the molecule is Cc1cc(NC(=O)c2cc(C(F)(F)F)cc(N3CCC[C@@H]3C)n2)ccc1C(=O)O. The third-order valence-electron chi connectivity index (χ3n) is 4.93. The Morgan fingerprint density at radius 2 is 1.97 bits per heavy atom. The molecule has 0 saturated carbocycles. The molecule has 2 aromatic rings. The molecule has 1 aromatic carbocycles. The van der Waals surface area contributed by atoms with Crippen LogP contribution < -0.4 is 10.2 Å². The van der Waals surface area contributed by atoms with Gasteiger partial charge in [-0.3, -0.25) is 4.79 Å². The lowest BCUT2D eigenvalue weighted by Gasteiger charge is -2.24. The van der Waals surface area contributed by atoms with Crippen molar-refractivity contribution in [3.63, 3.8) is 0 Å². The maximum Gasteiger partial charge on any atom is 0.416 e. The van der Waals surface area contributed by atoms with Crippen LogP contribution in [0.3, 0.4) is 0 Å². The molecule has 2 N–H and O–H groups in total. The Kier molecular flexibility index (Phi) is 5.50. The number of pyridine rings is 1. The molecule has 1 saturated heterocycles. The minimum absolute atomic E-state index is 0.0353. The summed E-state index contributed by atoms with van der Waals surface area (Å²) < 4.78 is 40.1. The number of aromatic carboxylic acids is 1. The summed E-state index contributed by atoms with van der Waals surface area (Å²) >= 11 is 0. The van der Waals surface area contributed by atoms with Gasteiger partial charge < -0.3 is 15.3 Å². The van der Waals surface area contributed by atoms with Crippen LogP contribution in [0.2, 0.25) is 0 Å². The summed E-state index contributed by atoms with van der Waals surface area (Å²) in [6.07, 6.45) is -2.93. The molecule has 3 rings (SSSR count). The molecule has 0 aliphatic carbocycles. The molecule has 1 fully saturated rings. The maximum atomic E-state index is 13.4. The number of nitrogens with one attached hydrogen (secondary N) is 1. The van der Waals surface area contributed by atoms with Crippen molar-refractivity contribution in [3.8, 4) is 0 Å². The molecule has 0 bridgehead atoms. The summed E-state index contributed by atoms with van der Waals surface area (Å²) in [5.41, 5.74) is -0.532. The van der Waals surface area contributed by atoms with Crippen molar-refractivity contribution in [2.24, 2.45) is 0 Å². The lowest BCUT2D eigenvalue weighted by atomic mass is 10.1. The molecule has 1 atom stereocenters. The van der Waals surface area contributed by atoms with E-state index in [2.05, 4.69) is 10.3 Å².